The summed E-state index contributed by atoms with van der Waals surface area (Å²) < 4.78 is 0. The van der Waals surface area contributed by atoms with Crippen LogP contribution in [0.15, 0.2) is 22.5 Å². The van der Waals surface area contributed by atoms with Gasteiger partial charge in [-0.25, -0.2) is 0 Å². The SMILES string of the molecule is C=C(C)C(=O)NCCCN=NNC(CCCCCCC)C(C)=O. The molecule has 1 atom stereocenters. The zero-order chi connectivity index (χ0) is 17.5. The second-order valence-electron chi connectivity index (χ2n) is 5.85. The Morgan fingerprint density at radius 3 is 2.39 bits per heavy atom. The average Bonchev–Trinajstić information content (AvgIpc) is 2.50. The van der Waals surface area contributed by atoms with E-state index in [1.807, 2.05) is 0 Å². The van der Waals surface area contributed by atoms with Crippen LogP contribution in [0.4, 0.5) is 0 Å². The molecule has 2 N–H and O–H groups in total. The molecular formula is C17H32N4O2. The van der Waals surface area contributed by atoms with Gasteiger partial charge in [-0.15, -0.1) is 0 Å². The molecule has 0 aromatic heterocycles. The largest absolute Gasteiger partial charge is 0.352 e. The minimum atomic E-state index is -0.247. The van der Waals surface area contributed by atoms with Crippen molar-refractivity contribution in [1.29, 1.82) is 0 Å². The van der Waals surface area contributed by atoms with Gasteiger partial charge < -0.3 is 5.32 Å². The van der Waals surface area contributed by atoms with E-state index in [0.717, 1.165) is 19.3 Å². The summed E-state index contributed by atoms with van der Waals surface area (Å²) in [5, 5.41) is 10.6. The maximum absolute atomic E-state index is 11.5. The van der Waals surface area contributed by atoms with Crippen molar-refractivity contribution < 1.29 is 9.59 Å². The van der Waals surface area contributed by atoms with Gasteiger partial charge in [0.1, 0.15) is 6.04 Å². The predicted molar refractivity (Wildman–Crippen MR) is 93.1 cm³/mol. The zero-order valence-corrected chi connectivity index (χ0v) is 14.9. The van der Waals surface area contributed by atoms with Gasteiger partial charge in [0.25, 0.3) is 0 Å². The monoisotopic (exact) mass is 324 g/mol. The summed E-state index contributed by atoms with van der Waals surface area (Å²) in [5.41, 5.74) is 3.33. The quantitative estimate of drug-likeness (QED) is 0.222. The molecule has 0 spiro atoms. The molecule has 0 aromatic carbocycles. The number of nitrogens with zero attached hydrogens (tertiary/aromatic N) is 2. The summed E-state index contributed by atoms with van der Waals surface area (Å²) >= 11 is 0. The van der Waals surface area contributed by atoms with E-state index in [9.17, 15) is 9.59 Å². The van der Waals surface area contributed by atoms with Crippen molar-refractivity contribution in [2.75, 3.05) is 13.1 Å². The Morgan fingerprint density at radius 1 is 1.09 bits per heavy atom. The normalized spacial score (nSPS) is 12.1. The van der Waals surface area contributed by atoms with Crippen molar-refractivity contribution in [3.63, 3.8) is 0 Å². The van der Waals surface area contributed by atoms with Crippen LogP contribution in [0, 0.1) is 0 Å². The van der Waals surface area contributed by atoms with Crippen molar-refractivity contribution >= 4 is 11.7 Å². The summed E-state index contributed by atoms with van der Waals surface area (Å²) in [4.78, 5) is 22.8. The Balaban J connectivity index is 3.79. The fourth-order valence-electron chi connectivity index (χ4n) is 1.97. The first-order valence-corrected chi connectivity index (χ1v) is 8.55. The molecule has 0 saturated heterocycles. The Kier molecular flexibility index (Phi) is 12.9. The topological polar surface area (TPSA) is 82.9 Å². The van der Waals surface area contributed by atoms with Gasteiger partial charge in [0.05, 0.1) is 6.54 Å². The molecular weight excluding hydrogens is 292 g/mol. The smallest absolute Gasteiger partial charge is 0.246 e. The number of ketones is 1. The molecule has 1 unspecified atom stereocenters. The molecule has 0 saturated carbocycles. The van der Waals surface area contributed by atoms with E-state index in [1.54, 1.807) is 13.8 Å². The lowest BCUT2D eigenvalue weighted by Crippen LogP contribution is -2.31. The molecule has 132 valence electrons. The van der Waals surface area contributed by atoms with Crippen LogP contribution in [0.1, 0.15) is 65.7 Å². The second kappa shape index (κ2) is 13.9. The van der Waals surface area contributed by atoms with Crippen LogP contribution in [-0.2, 0) is 9.59 Å². The maximum atomic E-state index is 11.5. The fourth-order valence-corrected chi connectivity index (χ4v) is 1.97. The average molecular weight is 324 g/mol. The molecule has 23 heavy (non-hydrogen) atoms. The van der Waals surface area contributed by atoms with Crippen molar-refractivity contribution in [3.8, 4) is 0 Å². The molecule has 0 aliphatic rings. The number of amides is 1. The standard InChI is InChI=1S/C17H32N4O2/c1-5-6-7-8-9-11-16(15(4)22)20-21-19-13-10-12-18-17(23)14(2)3/h16H,2,5-13H2,1,3-4H3,(H,18,23)(H,19,20). The molecule has 6 heteroatoms. The highest BCUT2D eigenvalue weighted by Crippen LogP contribution is 2.08. The van der Waals surface area contributed by atoms with Crippen molar-refractivity contribution in [2.24, 2.45) is 10.3 Å². The molecule has 0 aliphatic heterocycles. The minimum Gasteiger partial charge on any atom is -0.352 e. The van der Waals surface area contributed by atoms with Gasteiger partial charge in [-0.05, 0) is 26.7 Å². The summed E-state index contributed by atoms with van der Waals surface area (Å²) in [6, 6.07) is -0.247. The van der Waals surface area contributed by atoms with Crippen LogP contribution in [0.25, 0.3) is 0 Å². The first-order valence-electron chi connectivity index (χ1n) is 8.55. The van der Waals surface area contributed by atoms with Gasteiger partial charge in [0.2, 0.25) is 5.91 Å². The third-order valence-electron chi connectivity index (χ3n) is 3.48. The van der Waals surface area contributed by atoms with Crippen LogP contribution < -0.4 is 10.7 Å². The maximum Gasteiger partial charge on any atom is 0.246 e. The first-order chi connectivity index (χ1) is 11.0. The number of rotatable bonds is 14. The van der Waals surface area contributed by atoms with E-state index < -0.39 is 0 Å². The van der Waals surface area contributed by atoms with Crippen LogP contribution in [0.5, 0.6) is 0 Å². The summed E-state index contributed by atoms with van der Waals surface area (Å²) in [6.07, 6.45) is 7.37. The van der Waals surface area contributed by atoms with Crippen molar-refractivity contribution in [1.82, 2.24) is 10.7 Å². The van der Waals surface area contributed by atoms with Crippen LogP contribution >= 0.6 is 0 Å². The summed E-state index contributed by atoms with van der Waals surface area (Å²) in [5.74, 6) is -0.0482. The molecule has 0 bridgehead atoms. The first kappa shape index (κ1) is 21.3. The Labute approximate surface area is 140 Å². The van der Waals surface area contributed by atoms with Crippen LogP contribution in [0.2, 0.25) is 0 Å². The van der Waals surface area contributed by atoms with E-state index in [0.29, 0.717) is 25.1 Å². The van der Waals surface area contributed by atoms with Gasteiger partial charge in [-0.1, -0.05) is 50.8 Å². The number of carbonyl (C=O) groups excluding carboxylic acids is 2. The molecule has 0 rings (SSSR count). The Bertz CT molecular complexity index is 394. The highest BCUT2D eigenvalue weighted by molar-refractivity contribution is 5.92. The summed E-state index contributed by atoms with van der Waals surface area (Å²) in [7, 11) is 0. The minimum absolute atomic E-state index is 0.0909. The van der Waals surface area contributed by atoms with Gasteiger partial charge in [-0.3, -0.25) is 15.0 Å². The number of nitrogens with one attached hydrogen (secondary N) is 2. The molecule has 1 amide bonds. The third kappa shape index (κ3) is 12.5. The molecule has 0 heterocycles. The van der Waals surface area contributed by atoms with E-state index in [1.165, 1.54) is 19.3 Å². The molecule has 6 nitrogen and oxygen atoms in total. The predicted octanol–water partition coefficient (Wildman–Crippen LogP) is 3.34. The lowest BCUT2D eigenvalue weighted by Gasteiger charge is -2.12. The number of hydrogen-bond acceptors (Lipinski definition) is 4. The second-order valence-corrected chi connectivity index (χ2v) is 5.85. The lowest BCUT2D eigenvalue weighted by molar-refractivity contribution is -0.119. The van der Waals surface area contributed by atoms with Crippen LogP contribution in [-0.4, -0.2) is 30.8 Å². The van der Waals surface area contributed by atoms with Gasteiger partial charge in [-0.2, -0.15) is 5.11 Å². The molecule has 0 aliphatic carbocycles. The van der Waals surface area contributed by atoms with E-state index in [-0.39, 0.29) is 17.7 Å². The highest BCUT2D eigenvalue weighted by atomic mass is 16.1. The van der Waals surface area contributed by atoms with Gasteiger partial charge in [0.15, 0.2) is 5.78 Å². The fraction of sp³-hybridized carbons (Fsp3) is 0.765. The Morgan fingerprint density at radius 2 is 1.78 bits per heavy atom. The van der Waals surface area contributed by atoms with Crippen LogP contribution in [0.3, 0.4) is 0 Å². The highest BCUT2D eigenvalue weighted by Gasteiger charge is 2.12. The number of Topliss-reactive ketones (excluding diaryl/α,β-unsaturated/α-hetero) is 1. The lowest BCUT2D eigenvalue weighted by atomic mass is 10.0. The van der Waals surface area contributed by atoms with Gasteiger partial charge >= 0.3 is 0 Å². The number of hydrogen-bond donors (Lipinski definition) is 2. The van der Waals surface area contributed by atoms with E-state index in [4.69, 9.17) is 0 Å². The summed E-state index contributed by atoms with van der Waals surface area (Å²) in [6.45, 7) is 10.0. The Hall–Kier alpha value is -1.72. The zero-order valence-electron chi connectivity index (χ0n) is 14.9. The van der Waals surface area contributed by atoms with Crippen molar-refractivity contribution in [2.45, 2.75) is 71.8 Å². The molecule has 0 radical (unpaired) electrons. The third-order valence-corrected chi connectivity index (χ3v) is 3.48. The van der Waals surface area contributed by atoms with E-state index in [2.05, 4.69) is 34.6 Å². The molecule has 0 fully saturated rings. The number of carbonyl (C=O) groups is 2. The van der Waals surface area contributed by atoms with Crippen molar-refractivity contribution in [3.05, 3.63) is 12.2 Å². The molecule has 0 aromatic rings. The number of unbranched alkanes of at least 4 members (excludes halogenated alkanes) is 4. The van der Waals surface area contributed by atoms with Gasteiger partial charge in [0, 0.05) is 12.1 Å². The van der Waals surface area contributed by atoms with E-state index >= 15 is 0 Å².